The zero-order valence-corrected chi connectivity index (χ0v) is 15.1. The highest BCUT2D eigenvalue weighted by atomic mass is 79.9. The molecule has 0 saturated carbocycles. The Bertz CT molecular complexity index is 910. The van der Waals surface area contributed by atoms with Crippen molar-refractivity contribution in [3.05, 3.63) is 59.2 Å². The number of hydrogen-bond acceptors (Lipinski definition) is 2. The van der Waals surface area contributed by atoms with Gasteiger partial charge in [-0.3, -0.25) is 0 Å². The second-order valence-corrected chi connectivity index (χ2v) is 7.24. The molecule has 0 atom stereocenters. The Morgan fingerprint density at radius 1 is 1.13 bits per heavy atom. The van der Waals surface area contributed by atoms with Crippen LogP contribution >= 0.6 is 15.9 Å². The molecule has 0 aliphatic heterocycles. The van der Waals surface area contributed by atoms with Crippen LogP contribution in [0.25, 0.3) is 22.3 Å². The molecule has 0 fully saturated rings. The molecule has 3 aromatic rings. The van der Waals surface area contributed by atoms with E-state index in [1.54, 1.807) is 0 Å². The molecule has 1 aromatic heterocycles. The lowest BCUT2D eigenvalue weighted by atomic mass is 9.83. The molecule has 2 nitrogen and oxygen atoms in total. The van der Waals surface area contributed by atoms with Crippen molar-refractivity contribution in [2.45, 2.75) is 31.5 Å². The summed E-state index contributed by atoms with van der Waals surface area (Å²) in [6, 6.07) is 16.1. The van der Waals surface area contributed by atoms with Gasteiger partial charge in [-0.1, -0.05) is 54.9 Å². The van der Waals surface area contributed by atoms with Crippen LogP contribution in [-0.4, -0.2) is 0 Å². The fourth-order valence-electron chi connectivity index (χ4n) is 2.94. The van der Waals surface area contributed by atoms with Crippen LogP contribution in [0.5, 0.6) is 0 Å². The number of hydrogen-bond donors (Lipinski definition) is 0. The van der Waals surface area contributed by atoms with Crippen molar-refractivity contribution in [1.29, 1.82) is 5.26 Å². The van der Waals surface area contributed by atoms with E-state index in [1.165, 1.54) is 5.56 Å². The van der Waals surface area contributed by atoms with Crippen LogP contribution in [-0.2, 0) is 10.7 Å². The summed E-state index contributed by atoms with van der Waals surface area (Å²) in [6.45, 7) is 6.53. The van der Waals surface area contributed by atoms with Crippen molar-refractivity contribution in [3.8, 4) is 17.4 Å². The van der Waals surface area contributed by atoms with Gasteiger partial charge in [0, 0.05) is 21.8 Å². The quantitative estimate of drug-likeness (QED) is 0.508. The minimum absolute atomic E-state index is 0.0892. The number of fused-ring (bicyclic) bond motifs is 1. The van der Waals surface area contributed by atoms with E-state index in [2.05, 4.69) is 54.9 Å². The van der Waals surface area contributed by atoms with E-state index in [0.29, 0.717) is 5.56 Å². The summed E-state index contributed by atoms with van der Waals surface area (Å²) < 4.78 is 6.19. The van der Waals surface area contributed by atoms with Crippen LogP contribution < -0.4 is 0 Å². The maximum absolute atomic E-state index is 9.43. The summed E-state index contributed by atoms with van der Waals surface area (Å²) in [4.78, 5) is 0. The van der Waals surface area contributed by atoms with Crippen molar-refractivity contribution >= 4 is 26.9 Å². The van der Waals surface area contributed by atoms with E-state index >= 15 is 0 Å². The third kappa shape index (κ3) is 2.80. The molecule has 0 unspecified atom stereocenters. The van der Waals surface area contributed by atoms with Gasteiger partial charge in [-0.15, -0.1) is 0 Å². The van der Waals surface area contributed by atoms with Gasteiger partial charge >= 0.3 is 0 Å². The number of furan rings is 1. The largest absolute Gasteiger partial charge is 0.456 e. The zero-order chi connectivity index (χ0) is 16.6. The Hall–Kier alpha value is -2.05. The van der Waals surface area contributed by atoms with E-state index in [-0.39, 0.29) is 5.41 Å². The van der Waals surface area contributed by atoms with Gasteiger partial charge in [-0.25, -0.2) is 0 Å². The summed E-state index contributed by atoms with van der Waals surface area (Å²) in [7, 11) is 0. The lowest BCUT2D eigenvalue weighted by molar-refractivity contribution is 0.568. The van der Waals surface area contributed by atoms with Crippen LogP contribution in [0.1, 0.15) is 37.5 Å². The molecule has 23 heavy (non-hydrogen) atoms. The highest BCUT2D eigenvalue weighted by Gasteiger charge is 2.27. The number of nitrogens with zero attached hydrogens (tertiary/aromatic N) is 1. The first-order valence-corrected chi connectivity index (χ1v) is 8.69. The van der Waals surface area contributed by atoms with E-state index < -0.39 is 0 Å². The van der Waals surface area contributed by atoms with E-state index in [9.17, 15) is 5.26 Å². The predicted molar refractivity (Wildman–Crippen MR) is 97.7 cm³/mol. The van der Waals surface area contributed by atoms with Gasteiger partial charge in [0.05, 0.1) is 11.6 Å². The number of halogens is 1. The van der Waals surface area contributed by atoms with Crippen LogP contribution in [0.15, 0.2) is 46.9 Å². The molecule has 3 rings (SSSR count). The average Bonchev–Trinajstić information content (AvgIpc) is 2.93. The van der Waals surface area contributed by atoms with Crippen LogP contribution in [0.3, 0.4) is 0 Å². The van der Waals surface area contributed by atoms with Gasteiger partial charge in [-0.2, -0.15) is 5.26 Å². The third-order valence-corrected chi connectivity index (χ3v) is 4.60. The van der Waals surface area contributed by atoms with Gasteiger partial charge in [0.1, 0.15) is 11.3 Å². The summed E-state index contributed by atoms with van der Waals surface area (Å²) in [5.41, 5.74) is 4.63. The lowest BCUT2D eigenvalue weighted by Crippen LogP contribution is -2.12. The summed E-state index contributed by atoms with van der Waals surface area (Å²) >= 11 is 3.52. The molecular weight excluding hydrogens is 350 g/mol. The first-order chi connectivity index (χ1) is 11.0. The Kier molecular flexibility index (Phi) is 4.04. The van der Waals surface area contributed by atoms with Gasteiger partial charge in [0.25, 0.3) is 0 Å². The fourth-order valence-corrected chi connectivity index (χ4v) is 3.29. The van der Waals surface area contributed by atoms with Crippen molar-refractivity contribution in [3.63, 3.8) is 0 Å². The van der Waals surface area contributed by atoms with Gasteiger partial charge in [0.2, 0.25) is 0 Å². The summed E-state index contributed by atoms with van der Waals surface area (Å²) in [5.74, 6) is 0.802. The number of rotatable bonds is 2. The first-order valence-electron chi connectivity index (χ1n) is 7.57. The van der Waals surface area contributed by atoms with Gasteiger partial charge in [0.15, 0.2) is 0 Å². The van der Waals surface area contributed by atoms with E-state index in [0.717, 1.165) is 33.2 Å². The molecule has 0 saturated heterocycles. The molecule has 0 spiro atoms. The van der Waals surface area contributed by atoms with Crippen molar-refractivity contribution in [2.24, 2.45) is 0 Å². The summed E-state index contributed by atoms with van der Waals surface area (Å²) in [5, 5.41) is 11.4. The smallest absolute Gasteiger partial charge is 0.140 e. The Balaban J connectivity index is 2.39. The van der Waals surface area contributed by atoms with Gasteiger partial charge in [-0.05, 0) is 35.2 Å². The monoisotopic (exact) mass is 367 g/mol. The molecular formula is C20H18BrNO. The Morgan fingerprint density at radius 2 is 1.87 bits per heavy atom. The van der Waals surface area contributed by atoms with Crippen LogP contribution in [0.2, 0.25) is 0 Å². The second-order valence-electron chi connectivity index (χ2n) is 6.68. The maximum atomic E-state index is 9.43. The molecule has 3 heteroatoms. The highest BCUT2D eigenvalue weighted by Crippen LogP contribution is 2.42. The average molecular weight is 368 g/mol. The topological polar surface area (TPSA) is 36.9 Å². The minimum Gasteiger partial charge on any atom is -0.456 e. The van der Waals surface area contributed by atoms with Crippen molar-refractivity contribution in [1.82, 2.24) is 0 Å². The Labute approximate surface area is 144 Å². The molecule has 1 heterocycles. The second kappa shape index (κ2) is 5.86. The lowest BCUT2D eigenvalue weighted by Gasteiger charge is -2.19. The molecule has 0 amide bonds. The number of nitriles is 1. The Morgan fingerprint density at radius 3 is 2.52 bits per heavy atom. The molecule has 0 bridgehead atoms. The van der Waals surface area contributed by atoms with Crippen molar-refractivity contribution in [2.75, 3.05) is 0 Å². The predicted octanol–water partition coefficient (Wildman–Crippen LogP) is 6.16. The fraction of sp³-hybridized carbons (Fsp3) is 0.250. The van der Waals surface area contributed by atoms with Crippen LogP contribution in [0.4, 0.5) is 0 Å². The number of benzene rings is 2. The highest BCUT2D eigenvalue weighted by molar-refractivity contribution is 9.08. The third-order valence-electron chi connectivity index (χ3n) is 3.95. The molecule has 0 aliphatic rings. The summed E-state index contributed by atoms with van der Waals surface area (Å²) in [6.07, 6.45) is 0. The minimum atomic E-state index is -0.0892. The standard InChI is InChI=1S/C20H18BrNO/c1-20(2,3)18-16-10-13(11-21)8-9-17(16)23-19(18)15-7-5-4-6-14(15)12-22/h4-10H,11H2,1-3H3. The first kappa shape index (κ1) is 15.8. The molecule has 0 N–H and O–H groups in total. The van der Waals surface area contributed by atoms with E-state index in [1.807, 2.05) is 30.3 Å². The SMILES string of the molecule is CC(C)(C)c1c(-c2ccccc2C#N)oc2ccc(CBr)cc12. The van der Waals surface area contributed by atoms with Crippen molar-refractivity contribution < 1.29 is 4.42 Å². The molecule has 116 valence electrons. The zero-order valence-electron chi connectivity index (χ0n) is 13.5. The maximum Gasteiger partial charge on any atom is 0.140 e. The van der Waals surface area contributed by atoms with Crippen LogP contribution in [0, 0.1) is 11.3 Å². The molecule has 2 aromatic carbocycles. The molecule has 0 radical (unpaired) electrons. The number of alkyl halides is 1. The molecule has 0 aliphatic carbocycles. The van der Waals surface area contributed by atoms with E-state index in [4.69, 9.17) is 4.42 Å². The normalized spacial score (nSPS) is 11.6. The van der Waals surface area contributed by atoms with Gasteiger partial charge < -0.3 is 4.42 Å².